The molecular weight excluding hydrogens is 330 g/mol. The van der Waals surface area contributed by atoms with Gasteiger partial charge in [0.2, 0.25) is 0 Å². The molecule has 1 aliphatic rings. The van der Waals surface area contributed by atoms with Crippen molar-refractivity contribution in [3.8, 4) is 5.69 Å². The molecule has 1 saturated carbocycles. The molecule has 1 heterocycles. The first-order chi connectivity index (χ1) is 10.3. The van der Waals surface area contributed by atoms with Crippen LogP contribution in [0.4, 0.5) is 0 Å². The van der Waals surface area contributed by atoms with E-state index in [1.54, 1.807) is 7.11 Å². The van der Waals surface area contributed by atoms with Crippen LogP contribution in [0, 0.1) is 0 Å². The minimum absolute atomic E-state index is 0.652. The molecule has 5 heteroatoms. The van der Waals surface area contributed by atoms with Gasteiger partial charge in [0, 0.05) is 36.2 Å². The summed E-state index contributed by atoms with van der Waals surface area (Å²) < 4.78 is 8.24. The fourth-order valence-electron chi connectivity index (χ4n) is 2.53. The highest BCUT2D eigenvalue weighted by Crippen LogP contribution is 2.43. The van der Waals surface area contributed by atoms with E-state index in [-0.39, 0.29) is 0 Å². The number of ether oxygens (including phenoxy) is 1. The van der Waals surface area contributed by atoms with Crippen molar-refractivity contribution >= 4 is 15.9 Å². The fraction of sp³-hybridized carbons (Fsp3) is 0.438. The van der Waals surface area contributed by atoms with Crippen LogP contribution >= 0.6 is 15.9 Å². The Labute approximate surface area is 133 Å². The monoisotopic (exact) mass is 349 g/mol. The molecule has 0 amide bonds. The van der Waals surface area contributed by atoms with Crippen molar-refractivity contribution in [1.82, 2.24) is 15.1 Å². The van der Waals surface area contributed by atoms with E-state index in [1.807, 2.05) is 12.3 Å². The van der Waals surface area contributed by atoms with Crippen LogP contribution in [0.3, 0.4) is 0 Å². The van der Waals surface area contributed by atoms with Crippen molar-refractivity contribution in [1.29, 1.82) is 0 Å². The van der Waals surface area contributed by atoms with E-state index >= 15 is 0 Å². The van der Waals surface area contributed by atoms with Gasteiger partial charge in [0.15, 0.2) is 0 Å². The van der Waals surface area contributed by atoms with Crippen molar-refractivity contribution < 1.29 is 4.74 Å². The van der Waals surface area contributed by atoms with E-state index < -0.39 is 0 Å². The molecule has 1 aliphatic carbocycles. The number of methoxy groups -OCH3 is 1. The molecule has 0 atom stereocenters. The van der Waals surface area contributed by atoms with E-state index in [1.165, 1.54) is 24.1 Å². The molecule has 1 fully saturated rings. The Balaban J connectivity index is 1.85. The molecule has 0 bridgehead atoms. The topological polar surface area (TPSA) is 39.1 Å². The van der Waals surface area contributed by atoms with E-state index in [4.69, 9.17) is 4.74 Å². The van der Waals surface area contributed by atoms with E-state index in [0.717, 1.165) is 29.9 Å². The SMILES string of the molecule is COCCNCc1cnn(-c2ccccc2Br)c1C1CC1. The van der Waals surface area contributed by atoms with Gasteiger partial charge < -0.3 is 10.1 Å². The highest BCUT2D eigenvalue weighted by molar-refractivity contribution is 9.10. The molecule has 0 radical (unpaired) electrons. The summed E-state index contributed by atoms with van der Waals surface area (Å²) in [7, 11) is 1.72. The van der Waals surface area contributed by atoms with Crippen molar-refractivity contribution in [2.45, 2.75) is 25.3 Å². The van der Waals surface area contributed by atoms with Crippen LogP contribution in [0.25, 0.3) is 5.69 Å². The lowest BCUT2D eigenvalue weighted by atomic mass is 10.1. The van der Waals surface area contributed by atoms with Crippen molar-refractivity contribution in [2.24, 2.45) is 0 Å². The Morgan fingerprint density at radius 2 is 2.19 bits per heavy atom. The number of hydrogen-bond acceptors (Lipinski definition) is 3. The summed E-state index contributed by atoms with van der Waals surface area (Å²) in [5.74, 6) is 0.652. The Bertz CT molecular complexity index is 607. The third kappa shape index (κ3) is 3.36. The van der Waals surface area contributed by atoms with Gasteiger partial charge in [-0.05, 0) is 40.9 Å². The zero-order valence-corrected chi connectivity index (χ0v) is 13.8. The van der Waals surface area contributed by atoms with Crippen molar-refractivity contribution in [2.75, 3.05) is 20.3 Å². The van der Waals surface area contributed by atoms with Crippen LogP contribution in [-0.4, -0.2) is 30.0 Å². The minimum atomic E-state index is 0.652. The zero-order valence-electron chi connectivity index (χ0n) is 12.2. The minimum Gasteiger partial charge on any atom is -0.383 e. The van der Waals surface area contributed by atoms with Gasteiger partial charge in [-0.2, -0.15) is 5.10 Å². The maximum Gasteiger partial charge on any atom is 0.0790 e. The zero-order chi connectivity index (χ0) is 14.7. The number of benzene rings is 1. The van der Waals surface area contributed by atoms with Crippen LogP contribution < -0.4 is 5.32 Å². The van der Waals surface area contributed by atoms with Gasteiger partial charge in [0.05, 0.1) is 24.2 Å². The number of nitrogens with one attached hydrogen (secondary N) is 1. The summed E-state index contributed by atoms with van der Waals surface area (Å²) in [6, 6.07) is 8.24. The van der Waals surface area contributed by atoms with Gasteiger partial charge >= 0.3 is 0 Å². The molecule has 0 aliphatic heterocycles. The van der Waals surface area contributed by atoms with Crippen molar-refractivity contribution in [3.63, 3.8) is 0 Å². The average Bonchev–Trinajstić information content (AvgIpc) is 3.25. The normalized spacial score (nSPS) is 14.6. The highest BCUT2D eigenvalue weighted by atomic mass is 79.9. The summed E-state index contributed by atoms with van der Waals surface area (Å²) in [6.07, 6.45) is 4.52. The lowest BCUT2D eigenvalue weighted by Gasteiger charge is -2.11. The second kappa shape index (κ2) is 6.73. The first kappa shape index (κ1) is 14.8. The fourth-order valence-corrected chi connectivity index (χ4v) is 2.99. The molecule has 1 aromatic heterocycles. The molecule has 112 valence electrons. The van der Waals surface area contributed by atoms with Gasteiger partial charge in [0.25, 0.3) is 0 Å². The van der Waals surface area contributed by atoms with E-state index in [0.29, 0.717) is 5.92 Å². The van der Waals surface area contributed by atoms with Crippen LogP contribution in [0.1, 0.15) is 30.0 Å². The lowest BCUT2D eigenvalue weighted by molar-refractivity contribution is 0.199. The van der Waals surface area contributed by atoms with Crippen molar-refractivity contribution in [3.05, 3.63) is 46.2 Å². The molecule has 4 nitrogen and oxygen atoms in total. The van der Waals surface area contributed by atoms with Crippen LogP contribution in [0.15, 0.2) is 34.9 Å². The number of halogens is 1. The Morgan fingerprint density at radius 1 is 1.38 bits per heavy atom. The first-order valence-corrected chi connectivity index (χ1v) is 8.12. The summed E-state index contributed by atoms with van der Waals surface area (Å²) in [5, 5.41) is 8.04. The van der Waals surface area contributed by atoms with E-state index in [9.17, 15) is 0 Å². The smallest absolute Gasteiger partial charge is 0.0790 e. The van der Waals surface area contributed by atoms with E-state index in [2.05, 4.69) is 49.2 Å². The number of rotatable bonds is 7. The molecule has 3 rings (SSSR count). The molecule has 1 N–H and O–H groups in total. The molecule has 0 saturated heterocycles. The predicted molar refractivity (Wildman–Crippen MR) is 86.8 cm³/mol. The summed E-state index contributed by atoms with van der Waals surface area (Å²) in [4.78, 5) is 0. The molecule has 2 aromatic rings. The largest absolute Gasteiger partial charge is 0.383 e. The second-order valence-corrected chi connectivity index (χ2v) is 6.22. The molecule has 1 aromatic carbocycles. The van der Waals surface area contributed by atoms with Gasteiger partial charge in [-0.1, -0.05) is 12.1 Å². The second-order valence-electron chi connectivity index (χ2n) is 5.36. The number of nitrogens with zero attached hydrogens (tertiary/aromatic N) is 2. The van der Waals surface area contributed by atoms with Crippen LogP contribution in [0.5, 0.6) is 0 Å². The molecule has 21 heavy (non-hydrogen) atoms. The van der Waals surface area contributed by atoms with Gasteiger partial charge in [-0.15, -0.1) is 0 Å². The average molecular weight is 350 g/mol. The highest BCUT2D eigenvalue weighted by Gasteiger charge is 2.30. The van der Waals surface area contributed by atoms with Gasteiger partial charge in [0.1, 0.15) is 0 Å². The number of para-hydroxylation sites is 1. The summed E-state index contributed by atoms with van der Waals surface area (Å²) in [6.45, 7) is 2.44. The molecular formula is C16H20BrN3O. The third-order valence-electron chi connectivity index (χ3n) is 3.73. The van der Waals surface area contributed by atoms with Crippen LogP contribution in [0.2, 0.25) is 0 Å². The van der Waals surface area contributed by atoms with Crippen LogP contribution in [-0.2, 0) is 11.3 Å². The third-order valence-corrected chi connectivity index (χ3v) is 4.40. The maximum atomic E-state index is 5.07. The first-order valence-electron chi connectivity index (χ1n) is 7.32. The Kier molecular flexibility index (Phi) is 4.73. The summed E-state index contributed by atoms with van der Waals surface area (Å²) >= 11 is 3.63. The van der Waals surface area contributed by atoms with Gasteiger partial charge in [-0.3, -0.25) is 0 Å². The quantitative estimate of drug-likeness (QED) is 0.780. The Morgan fingerprint density at radius 3 is 2.90 bits per heavy atom. The predicted octanol–water partition coefficient (Wildman–Crippen LogP) is 3.25. The lowest BCUT2D eigenvalue weighted by Crippen LogP contribution is -2.19. The standard InChI is InChI=1S/C16H20BrN3O/c1-21-9-8-18-10-13-11-19-20(16(13)12-6-7-12)15-5-3-2-4-14(15)17/h2-5,11-12,18H,6-10H2,1H3. The summed E-state index contributed by atoms with van der Waals surface area (Å²) in [5.41, 5.74) is 3.76. The molecule has 0 unspecified atom stereocenters. The molecule has 0 spiro atoms. The van der Waals surface area contributed by atoms with Gasteiger partial charge in [-0.25, -0.2) is 4.68 Å². The number of hydrogen-bond donors (Lipinski definition) is 1. The Hall–Kier alpha value is -1.17. The number of aromatic nitrogens is 2. The maximum absolute atomic E-state index is 5.07.